The lowest BCUT2D eigenvalue weighted by Gasteiger charge is -1.90. The quantitative estimate of drug-likeness (QED) is 0.405. The van der Waals surface area contributed by atoms with E-state index in [2.05, 4.69) is 11.8 Å². The van der Waals surface area contributed by atoms with Crippen LogP contribution in [-0.4, -0.2) is 23.5 Å². The summed E-state index contributed by atoms with van der Waals surface area (Å²) in [5.41, 5.74) is 0. The molecule has 0 bridgehead atoms. The van der Waals surface area contributed by atoms with E-state index in [1.165, 1.54) is 19.4 Å². The Morgan fingerprint density at radius 1 is 1.57 bits per heavy atom. The van der Waals surface area contributed by atoms with Crippen LogP contribution in [0, 0.1) is 0 Å². The fourth-order valence-electron chi connectivity index (χ4n) is 1.74. The maximum Gasteiger partial charge on any atom is 0.0252 e. The van der Waals surface area contributed by atoms with Gasteiger partial charge in [0.05, 0.1) is 0 Å². The van der Waals surface area contributed by atoms with Crippen molar-refractivity contribution >= 4 is 0 Å². The Hall–Kier alpha value is -0.0400. The molecule has 0 spiro atoms. The fraction of sp³-hybridized carbons (Fsp3) is 1.00. The number of fused-ring (bicyclic) bond motifs is 1. The maximum absolute atomic E-state index is 2.57. The molecule has 0 aromatic carbocycles. The molecule has 2 aliphatic heterocycles. The van der Waals surface area contributed by atoms with E-state index in [0.717, 1.165) is 12.1 Å². The highest BCUT2D eigenvalue weighted by atomic mass is 15.4. The van der Waals surface area contributed by atoms with Crippen LogP contribution in [0.25, 0.3) is 0 Å². The third-order valence-corrected chi connectivity index (χ3v) is 2.33. The molecule has 0 aromatic rings. The van der Waals surface area contributed by atoms with Crippen molar-refractivity contribution in [2.75, 3.05) is 6.54 Å². The van der Waals surface area contributed by atoms with E-state index >= 15 is 0 Å². The zero-order chi connectivity index (χ0) is 4.85. The van der Waals surface area contributed by atoms with E-state index in [9.17, 15) is 0 Å². The van der Waals surface area contributed by atoms with E-state index in [4.69, 9.17) is 0 Å². The van der Waals surface area contributed by atoms with Gasteiger partial charge in [0, 0.05) is 12.1 Å². The Labute approximate surface area is 44.3 Å². The monoisotopic (exact) mass is 97.1 g/mol. The first kappa shape index (κ1) is 3.90. The van der Waals surface area contributed by atoms with E-state index in [1.807, 2.05) is 0 Å². The standard InChI is InChI=1S/C6H11N/c1-5-6-3-2-4-7(5)6/h5-6H,2-4H2,1H3/t5-,6+,7?/m1/s1. The molecule has 1 unspecified atom stereocenters. The number of hydrogen-bond donors (Lipinski definition) is 0. The summed E-state index contributed by atoms with van der Waals surface area (Å²) in [6, 6.07) is 1.97. The lowest BCUT2D eigenvalue weighted by molar-refractivity contribution is 0.547. The Bertz CT molecular complexity index is 80.2. The summed E-state index contributed by atoms with van der Waals surface area (Å²) in [4.78, 5) is 2.57. The second-order valence-corrected chi connectivity index (χ2v) is 2.69. The first-order valence-corrected chi connectivity index (χ1v) is 3.15. The first-order chi connectivity index (χ1) is 3.39. The minimum atomic E-state index is 0.953. The van der Waals surface area contributed by atoms with Crippen molar-refractivity contribution in [3.8, 4) is 0 Å². The first-order valence-electron chi connectivity index (χ1n) is 3.15. The summed E-state index contributed by atoms with van der Waals surface area (Å²) in [6.45, 7) is 3.70. The fourth-order valence-corrected chi connectivity index (χ4v) is 1.74. The topological polar surface area (TPSA) is 3.01 Å². The molecule has 1 nitrogen and oxygen atoms in total. The summed E-state index contributed by atoms with van der Waals surface area (Å²) in [5, 5.41) is 0. The number of rotatable bonds is 0. The molecule has 0 aromatic heterocycles. The van der Waals surface area contributed by atoms with E-state index in [-0.39, 0.29) is 0 Å². The Kier molecular flexibility index (Phi) is 0.571. The van der Waals surface area contributed by atoms with Crippen LogP contribution in [0.15, 0.2) is 0 Å². The van der Waals surface area contributed by atoms with Gasteiger partial charge >= 0.3 is 0 Å². The average molecular weight is 97.2 g/mol. The van der Waals surface area contributed by atoms with Crippen LogP contribution in [0.1, 0.15) is 19.8 Å². The molecule has 2 fully saturated rings. The zero-order valence-corrected chi connectivity index (χ0v) is 4.72. The largest absolute Gasteiger partial charge is 0.295 e. The number of hydrogen-bond acceptors (Lipinski definition) is 1. The minimum Gasteiger partial charge on any atom is -0.295 e. The molecule has 0 aliphatic carbocycles. The molecule has 2 saturated heterocycles. The van der Waals surface area contributed by atoms with Crippen LogP contribution in [0.5, 0.6) is 0 Å². The van der Waals surface area contributed by atoms with Crippen molar-refractivity contribution < 1.29 is 0 Å². The van der Waals surface area contributed by atoms with Crippen LogP contribution >= 0.6 is 0 Å². The molecule has 40 valence electrons. The maximum atomic E-state index is 2.57. The van der Waals surface area contributed by atoms with Crippen molar-refractivity contribution in [1.29, 1.82) is 0 Å². The summed E-state index contributed by atoms with van der Waals surface area (Å²) >= 11 is 0. The second-order valence-electron chi connectivity index (χ2n) is 2.69. The molecule has 3 atom stereocenters. The van der Waals surface area contributed by atoms with E-state index < -0.39 is 0 Å². The molecule has 0 N–H and O–H groups in total. The van der Waals surface area contributed by atoms with Gasteiger partial charge < -0.3 is 0 Å². The molecule has 2 rings (SSSR count). The molecule has 0 radical (unpaired) electrons. The average Bonchev–Trinajstić information content (AvgIpc) is 2.26. The van der Waals surface area contributed by atoms with E-state index in [1.54, 1.807) is 0 Å². The second kappa shape index (κ2) is 1.03. The van der Waals surface area contributed by atoms with Crippen LogP contribution in [0.3, 0.4) is 0 Å². The van der Waals surface area contributed by atoms with E-state index in [0.29, 0.717) is 0 Å². The summed E-state index contributed by atoms with van der Waals surface area (Å²) < 4.78 is 0. The van der Waals surface area contributed by atoms with Crippen molar-refractivity contribution in [3.63, 3.8) is 0 Å². The molecule has 1 heteroatoms. The molecule has 0 saturated carbocycles. The van der Waals surface area contributed by atoms with Gasteiger partial charge in [0.2, 0.25) is 0 Å². The van der Waals surface area contributed by atoms with Crippen molar-refractivity contribution in [2.24, 2.45) is 0 Å². The van der Waals surface area contributed by atoms with Gasteiger partial charge in [-0.2, -0.15) is 0 Å². The highest BCUT2D eigenvalue weighted by Crippen LogP contribution is 2.37. The van der Waals surface area contributed by atoms with Crippen molar-refractivity contribution in [3.05, 3.63) is 0 Å². The van der Waals surface area contributed by atoms with Crippen molar-refractivity contribution in [2.45, 2.75) is 31.8 Å². The van der Waals surface area contributed by atoms with Gasteiger partial charge in [0.15, 0.2) is 0 Å². The third kappa shape index (κ3) is 0.367. The van der Waals surface area contributed by atoms with Gasteiger partial charge in [0.25, 0.3) is 0 Å². The highest BCUT2D eigenvalue weighted by Gasteiger charge is 2.46. The minimum absolute atomic E-state index is 0.953. The Morgan fingerprint density at radius 2 is 2.43 bits per heavy atom. The SMILES string of the molecule is C[C@@H]1[C@@H]2CCCN12. The molecule has 7 heavy (non-hydrogen) atoms. The molecule has 0 amide bonds. The van der Waals surface area contributed by atoms with Gasteiger partial charge in [-0.3, -0.25) is 4.90 Å². The van der Waals surface area contributed by atoms with Crippen LogP contribution in [0.4, 0.5) is 0 Å². The molecule has 2 aliphatic rings. The molecule has 2 heterocycles. The summed E-state index contributed by atoms with van der Waals surface area (Å²) in [7, 11) is 0. The smallest absolute Gasteiger partial charge is 0.0252 e. The van der Waals surface area contributed by atoms with Crippen LogP contribution in [0.2, 0.25) is 0 Å². The predicted molar refractivity (Wildman–Crippen MR) is 29.2 cm³/mol. The lowest BCUT2D eigenvalue weighted by Crippen LogP contribution is -1.97. The Morgan fingerprint density at radius 3 is 2.71 bits per heavy atom. The lowest BCUT2D eigenvalue weighted by atomic mass is 10.2. The van der Waals surface area contributed by atoms with Gasteiger partial charge in [0.1, 0.15) is 0 Å². The Balaban J connectivity index is 2.06. The third-order valence-electron chi connectivity index (χ3n) is 2.33. The highest BCUT2D eigenvalue weighted by molar-refractivity contribution is 5.02. The molecular weight excluding hydrogens is 86.1 g/mol. The summed E-state index contributed by atoms with van der Waals surface area (Å²) in [6.07, 6.45) is 2.93. The van der Waals surface area contributed by atoms with Gasteiger partial charge in [-0.15, -0.1) is 0 Å². The summed E-state index contributed by atoms with van der Waals surface area (Å²) in [5.74, 6) is 0. The number of piperidine rings is 1. The van der Waals surface area contributed by atoms with Crippen LogP contribution in [-0.2, 0) is 0 Å². The predicted octanol–water partition coefficient (Wildman–Crippen LogP) is 0.853. The normalized spacial score (nSPS) is 57.0. The zero-order valence-electron chi connectivity index (χ0n) is 4.72. The number of nitrogens with zero attached hydrogens (tertiary/aromatic N) is 1. The van der Waals surface area contributed by atoms with Crippen molar-refractivity contribution in [1.82, 2.24) is 4.90 Å². The van der Waals surface area contributed by atoms with Gasteiger partial charge in [-0.1, -0.05) is 0 Å². The molecular formula is C6H11N. The van der Waals surface area contributed by atoms with Gasteiger partial charge in [-0.05, 0) is 26.3 Å². The van der Waals surface area contributed by atoms with Crippen LogP contribution < -0.4 is 0 Å². The van der Waals surface area contributed by atoms with Gasteiger partial charge in [-0.25, -0.2) is 0 Å².